The largest absolute Gasteiger partial charge is 0.507 e. The van der Waals surface area contributed by atoms with Gasteiger partial charge in [0.05, 0.1) is 6.04 Å². The molecule has 0 spiro atoms. The van der Waals surface area contributed by atoms with Crippen LogP contribution in [0.25, 0.3) is 0 Å². The van der Waals surface area contributed by atoms with Gasteiger partial charge in [0.1, 0.15) is 5.75 Å². The number of benzene rings is 2. The van der Waals surface area contributed by atoms with Crippen LogP contribution in [0.2, 0.25) is 5.02 Å². The lowest BCUT2D eigenvalue weighted by Crippen LogP contribution is -2.28. The molecule has 0 radical (unpaired) electrons. The Morgan fingerprint density at radius 3 is 1.71 bits per heavy atom. The minimum Gasteiger partial charge on any atom is -0.507 e. The van der Waals surface area contributed by atoms with E-state index in [4.69, 9.17) is 11.6 Å². The van der Waals surface area contributed by atoms with Gasteiger partial charge in [0.15, 0.2) is 0 Å². The lowest BCUT2D eigenvalue weighted by atomic mass is 9.77. The average molecular weight is 400 g/mol. The van der Waals surface area contributed by atoms with Crippen molar-refractivity contribution < 1.29 is 5.11 Å². The molecule has 0 amide bonds. The molecular formula is C25H34ClNO. The number of aromatic hydroxyl groups is 1. The van der Waals surface area contributed by atoms with E-state index < -0.39 is 0 Å². The highest BCUT2D eigenvalue weighted by Gasteiger charge is 2.31. The van der Waals surface area contributed by atoms with Crippen LogP contribution in [0.3, 0.4) is 0 Å². The molecule has 0 aromatic heterocycles. The zero-order chi connectivity index (χ0) is 20.7. The van der Waals surface area contributed by atoms with Gasteiger partial charge in [0, 0.05) is 5.02 Å². The van der Waals surface area contributed by atoms with Gasteiger partial charge >= 0.3 is 0 Å². The van der Waals surface area contributed by atoms with Crippen molar-refractivity contribution >= 4 is 11.6 Å². The normalized spacial score (nSPS) is 17.1. The summed E-state index contributed by atoms with van der Waals surface area (Å²) in [5.41, 5.74) is 4.31. The molecule has 1 saturated heterocycles. The molecule has 3 heteroatoms. The van der Waals surface area contributed by atoms with Crippen LogP contribution in [0.5, 0.6) is 5.75 Å². The predicted molar refractivity (Wildman–Crippen MR) is 120 cm³/mol. The van der Waals surface area contributed by atoms with Crippen molar-refractivity contribution in [2.24, 2.45) is 0 Å². The molecule has 3 rings (SSSR count). The first kappa shape index (κ1) is 21.2. The van der Waals surface area contributed by atoms with Gasteiger partial charge < -0.3 is 5.11 Å². The summed E-state index contributed by atoms with van der Waals surface area (Å²) in [4.78, 5) is 2.56. The molecule has 1 N–H and O–H groups in total. The summed E-state index contributed by atoms with van der Waals surface area (Å²) in [6.07, 6.45) is 2.47. The van der Waals surface area contributed by atoms with E-state index in [2.05, 4.69) is 70.7 Å². The maximum atomic E-state index is 11.1. The molecule has 1 atom stereocenters. The molecule has 1 heterocycles. The smallest absolute Gasteiger partial charge is 0.123 e. The molecule has 0 aliphatic carbocycles. The Morgan fingerprint density at radius 1 is 0.821 bits per heavy atom. The van der Waals surface area contributed by atoms with Crippen LogP contribution in [0.1, 0.15) is 82.7 Å². The van der Waals surface area contributed by atoms with Crippen LogP contribution < -0.4 is 0 Å². The van der Waals surface area contributed by atoms with Gasteiger partial charge in [-0.1, -0.05) is 65.3 Å². The SMILES string of the molecule is CC(C)(C)c1cc([C@H](c2ccc(Cl)cc2)N2CCCC2)cc(C(C)(C)C)c1O. The van der Waals surface area contributed by atoms with Crippen molar-refractivity contribution in [3.05, 3.63) is 63.7 Å². The lowest BCUT2D eigenvalue weighted by Gasteiger charge is -2.33. The van der Waals surface area contributed by atoms with Crippen LogP contribution in [-0.4, -0.2) is 23.1 Å². The zero-order valence-electron chi connectivity index (χ0n) is 18.1. The van der Waals surface area contributed by atoms with Crippen LogP contribution in [0.15, 0.2) is 36.4 Å². The first-order valence-electron chi connectivity index (χ1n) is 10.4. The summed E-state index contributed by atoms with van der Waals surface area (Å²) in [6.45, 7) is 15.2. The third kappa shape index (κ3) is 4.39. The van der Waals surface area contributed by atoms with Crippen LogP contribution in [-0.2, 0) is 10.8 Å². The van der Waals surface area contributed by atoms with E-state index in [1.54, 1.807) is 0 Å². The molecule has 1 fully saturated rings. The molecule has 2 nitrogen and oxygen atoms in total. The number of phenolic OH excluding ortho intramolecular Hbond substituents is 1. The van der Waals surface area contributed by atoms with Gasteiger partial charge in [-0.3, -0.25) is 4.90 Å². The Balaban J connectivity index is 2.23. The van der Waals surface area contributed by atoms with Crippen molar-refractivity contribution in [3.8, 4) is 5.75 Å². The Bertz CT molecular complexity index is 786. The number of halogens is 1. The molecule has 1 aliphatic heterocycles. The van der Waals surface area contributed by atoms with Gasteiger partial charge in [-0.2, -0.15) is 0 Å². The van der Waals surface area contributed by atoms with Gasteiger partial charge in [-0.05, 0) is 83.3 Å². The summed E-state index contributed by atoms with van der Waals surface area (Å²) >= 11 is 6.17. The number of likely N-dealkylation sites (tertiary alicyclic amines) is 1. The van der Waals surface area contributed by atoms with Gasteiger partial charge in [0.2, 0.25) is 0 Å². The molecule has 1 aliphatic rings. The van der Waals surface area contributed by atoms with E-state index in [0.29, 0.717) is 5.75 Å². The number of hydrogen-bond acceptors (Lipinski definition) is 2. The fourth-order valence-corrected chi connectivity index (χ4v) is 4.34. The Hall–Kier alpha value is -1.51. The van der Waals surface area contributed by atoms with Crippen molar-refractivity contribution in [3.63, 3.8) is 0 Å². The molecule has 0 unspecified atom stereocenters. The quantitative estimate of drug-likeness (QED) is 0.611. The van der Waals surface area contributed by atoms with Crippen LogP contribution >= 0.6 is 11.6 Å². The molecule has 2 aromatic rings. The van der Waals surface area contributed by atoms with Crippen molar-refractivity contribution in [1.82, 2.24) is 4.90 Å². The summed E-state index contributed by atoms with van der Waals surface area (Å²) < 4.78 is 0. The lowest BCUT2D eigenvalue weighted by molar-refractivity contribution is 0.280. The molecular weight excluding hydrogens is 366 g/mol. The average Bonchev–Trinajstić information content (AvgIpc) is 3.10. The van der Waals surface area contributed by atoms with Gasteiger partial charge in [-0.25, -0.2) is 0 Å². The molecule has 2 aromatic carbocycles. The second kappa shape index (κ2) is 7.72. The van der Waals surface area contributed by atoms with Crippen molar-refractivity contribution in [1.29, 1.82) is 0 Å². The Kier molecular flexibility index (Phi) is 5.85. The number of nitrogens with zero attached hydrogens (tertiary/aromatic N) is 1. The maximum absolute atomic E-state index is 11.1. The molecule has 0 bridgehead atoms. The summed E-state index contributed by atoms with van der Waals surface area (Å²) in [7, 11) is 0. The fourth-order valence-electron chi connectivity index (χ4n) is 4.22. The third-order valence-electron chi connectivity index (χ3n) is 5.76. The fraction of sp³-hybridized carbons (Fsp3) is 0.520. The molecule has 28 heavy (non-hydrogen) atoms. The maximum Gasteiger partial charge on any atom is 0.123 e. The molecule has 152 valence electrons. The van der Waals surface area contributed by atoms with E-state index >= 15 is 0 Å². The monoisotopic (exact) mass is 399 g/mol. The highest BCUT2D eigenvalue weighted by Crippen LogP contribution is 2.43. The Morgan fingerprint density at radius 2 is 1.29 bits per heavy atom. The topological polar surface area (TPSA) is 23.5 Å². The second-order valence-electron chi connectivity index (χ2n) is 10.2. The van der Waals surface area contributed by atoms with E-state index in [9.17, 15) is 5.11 Å². The van der Waals surface area contributed by atoms with Crippen LogP contribution in [0.4, 0.5) is 0 Å². The van der Waals surface area contributed by atoms with Gasteiger partial charge in [-0.15, -0.1) is 0 Å². The van der Waals surface area contributed by atoms with Crippen LogP contribution in [0, 0.1) is 0 Å². The second-order valence-corrected chi connectivity index (χ2v) is 10.6. The molecule has 0 saturated carbocycles. The highest BCUT2D eigenvalue weighted by molar-refractivity contribution is 6.30. The van der Waals surface area contributed by atoms with E-state index in [1.165, 1.54) is 24.0 Å². The first-order valence-corrected chi connectivity index (χ1v) is 10.7. The summed E-state index contributed by atoms with van der Waals surface area (Å²) in [5.74, 6) is 0.444. The number of rotatable bonds is 3. The first-order chi connectivity index (χ1) is 13.0. The van der Waals surface area contributed by atoms with Gasteiger partial charge in [0.25, 0.3) is 0 Å². The standard InChI is InChI=1S/C25H34ClNO/c1-24(2,3)20-15-18(16-21(23(20)28)25(4,5)6)22(27-13-7-8-14-27)17-9-11-19(26)12-10-17/h9-12,15-16,22,28H,7-8,13-14H2,1-6H3/t22-/m0/s1. The number of hydrogen-bond donors (Lipinski definition) is 1. The predicted octanol–water partition coefficient (Wildman–Crippen LogP) is 6.83. The van der Waals surface area contributed by atoms with E-state index in [1.807, 2.05) is 12.1 Å². The summed E-state index contributed by atoms with van der Waals surface area (Å²) in [5, 5.41) is 11.9. The van der Waals surface area contributed by atoms with Crippen molar-refractivity contribution in [2.45, 2.75) is 71.3 Å². The third-order valence-corrected chi connectivity index (χ3v) is 6.01. The zero-order valence-corrected chi connectivity index (χ0v) is 18.9. The highest BCUT2D eigenvalue weighted by atomic mass is 35.5. The summed E-state index contributed by atoms with van der Waals surface area (Å²) in [6, 6.07) is 12.9. The van der Waals surface area contributed by atoms with Crippen molar-refractivity contribution in [2.75, 3.05) is 13.1 Å². The van der Waals surface area contributed by atoms with E-state index in [-0.39, 0.29) is 16.9 Å². The minimum absolute atomic E-state index is 0.129. The number of phenols is 1. The Labute approximate surface area is 175 Å². The van der Waals surface area contributed by atoms with E-state index in [0.717, 1.165) is 29.2 Å². The minimum atomic E-state index is -0.129.